The van der Waals surface area contributed by atoms with Gasteiger partial charge in [-0.05, 0) is 6.07 Å². The van der Waals surface area contributed by atoms with Gasteiger partial charge in [0.25, 0.3) is 0 Å². The van der Waals surface area contributed by atoms with E-state index in [1.54, 1.807) is 12.1 Å². The van der Waals surface area contributed by atoms with Crippen LogP contribution in [-0.4, -0.2) is 28.2 Å². The Hall–Kier alpha value is -2.67. The molecule has 8 heteroatoms. The van der Waals surface area contributed by atoms with E-state index in [4.69, 9.17) is 21.1 Å². The lowest BCUT2D eigenvalue weighted by Crippen LogP contribution is -2.03. The number of methoxy groups -OCH3 is 1. The van der Waals surface area contributed by atoms with Gasteiger partial charge in [-0.2, -0.15) is 9.37 Å². The van der Waals surface area contributed by atoms with E-state index < -0.39 is 16.9 Å². The van der Waals surface area contributed by atoms with E-state index in [9.17, 15) is 14.3 Å². The fourth-order valence-electron chi connectivity index (χ4n) is 1.63. The van der Waals surface area contributed by atoms with E-state index in [1.807, 2.05) is 0 Å². The van der Waals surface area contributed by atoms with E-state index >= 15 is 0 Å². The van der Waals surface area contributed by atoms with Gasteiger partial charge in [-0.15, -0.1) is 0 Å². The van der Waals surface area contributed by atoms with E-state index in [-0.39, 0.29) is 22.8 Å². The lowest BCUT2D eigenvalue weighted by Gasteiger charge is -2.11. The van der Waals surface area contributed by atoms with Crippen LogP contribution in [0.25, 0.3) is 5.57 Å². The molecule has 2 rings (SSSR count). The molecule has 0 bridgehead atoms. The van der Waals surface area contributed by atoms with Crippen LogP contribution in [-0.2, 0) is 9.53 Å². The summed E-state index contributed by atoms with van der Waals surface area (Å²) in [5, 5.41) is 8.83. The normalized spacial score (nSPS) is 11.1. The van der Waals surface area contributed by atoms with Gasteiger partial charge >= 0.3 is 5.97 Å². The number of hydrogen-bond acceptors (Lipinski definition) is 5. The molecule has 1 heterocycles. The fraction of sp³-hybridized carbons (Fsp3) is 0.0714. The molecule has 0 saturated carbocycles. The van der Waals surface area contributed by atoms with Crippen LogP contribution in [0.15, 0.2) is 36.9 Å². The van der Waals surface area contributed by atoms with Crippen molar-refractivity contribution < 1.29 is 23.8 Å². The summed E-state index contributed by atoms with van der Waals surface area (Å²) < 4.78 is 23.5. The van der Waals surface area contributed by atoms with Crippen molar-refractivity contribution in [3.63, 3.8) is 0 Å². The third kappa shape index (κ3) is 3.32. The fourth-order valence-corrected chi connectivity index (χ4v) is 1.77. The molecule has 0 atom stereocenters. The van der Waals surface area contributed by atoms with Gasteiger partial charge in [0.15, 0.2) is 5.02 Å². The largest absolute Gasteiger partial charge is 0.503 e. The summed E-state index contributed by atoms with van der Waals surface area (Å²) in [6, 6.07) is 6.26. The van der Waals surface area contributed by atoms with Crippen LogP contribution in [0.3, 0.4) is 0 Å². The zero-order chi connectivity index (χ0) is 16.1. The average molecular weight is 325 g/mol. The van der Waals surface area contributed by atoms with Gasteiger partial charge in [0.1, 0.15) is 17.6 Å². The maximum absolute atomic E-state index is 13.3. The zero-order valence-corrected chi connectivity index (χ0v) is 12.0. The van der Waals surface area contributed by atoms with Gasteiger partial charge in [-0.25, -0.2) is 9.78 Å². The van der Waals surface area contributed by atoms with E-state index in [1.165, 1.54) is 19.2 Å². The van der Waals surface area contributed by atoms with Gasteiger partial charge in [0.2, 0.25) is 11.8 Å². The number of carboxylic acid groups (broad SMARTS) is 1. The minimum absolute atomic E-state index is 0.133. The Balaban J connectivity index is 2.47. The monoisotopic (exact) mass is 324 g/mol. The second kappa shape index (κ2) is 6.86. The Morgan fingerprint density at radius 2 is 2.09 bits per heavy atom. The summed E-state index contributed by atoms with van der Waals surface area (Å²) >= 11 is 5.72. The predicted molar refractivity (Wildman–Crippen MR) is 76.1 cm³/mol. The maximum atomic E-state index is 13.3. The highest BCUT2D eigenvalue weighted by Crippen LogP contribution is 2.33. The molecule has 0 spiro atoms. The van der Waals surface area contributed by atoms with Crippen LogP contribution in [0.4, 0.5) is 4.39 Å². The smallest absolute Gasteiger partial charge is 0.339 e. The first-order valence-electron chi connectivity index (χ1n) is 5.94. The van der Waals surface area contributed by atoms with Crippen molar-refractivity contribution in [1.29, 1.82) is 0 Å². The average Bonchev–Trinajstić information content (AvgIpc) is 2.50. The van der Waals surface area contributed by atoms with Crippen LogP contribution < -0.4 is 4.74 Å². The van der Waals surface area contributed by atoms with Gasteiger partial charge in [-0.3, -0.25) is 0 Å². The maximum Gasteiger partial charge on any atom is 0.339 e. The second-order valence-corrected chi connectivity index (χ2v) is 4.33. The van der Waals surface area contributed by atoms with Crippen molar-refractivity contribution in [1.82, 2.24) is 9.97 Å². The van der Waals surface area contributed by atoms with Crippen LogP contribution in [0.2, 0.25) is 5.02 Å². The third-order valence-electron chi connectivity index (χ3n) is 2.56. The molecule has 1 aromatic carbocycles. The van der Waals surface area contributed by atoms with Crippen molar-refractivity contribution in [3.8, 4) is 11.6 Å². The van der Waals surface area contributed by atoms with Crippen molar-refractivity contribution in [3.05, 3.63) is 53.4 Å². The first-order chi connectivity index (χ1) is 10.5. The molecule has 1 aromatic heterocycles. The highest BCUT2D eigenvalue weighted by molar-refractivity contribution is 6.31. The lowest BCUT2D eigenvalue weighted by molar-refractivity contribution is -0.130. The number of halogens is 2. The number of aromatic nitrogens is 2. The van der Waals surface area contributed by atoms with Crippen LogP contribution in [0, 0.1) is 5.95 Å². The van der Waals surface area contributed by atoms with Crippen molar-refractivity contribution >= 4 is 23.1 Å². The topological polar surface area (TPSA) is 81.5 Å². The molecule has 0 amide bonds. The molecule has 0 aliphatic heterocycles. The summed E-state index contributed by atoms with van der Waals surface area (Å²) in [7, 11) is 1.32. The van der Waals surface area contributed by atoms with E-state index in [0.29, 0.717) is 0 Å². The summed E-state index contributed by atoms with van der Waals surface area (Å²) in [4.78, 5) is 18.3. The van der Waals surface area contributed by atoms with Crippen LogP contribution >= 0.6 is 11.6 Å². The Morgan fingerprint density at radius 1 is 1.36 bits per heavy atom. The number of carbonyl (C=O) groups is 1. The van der Waals surface area contributed by atoms with Gasteiger partial charge in [0.05, 0.1) is 13.4 Å². The van der Waals surface area contributed by atoms with Crippen LogP contribution in [0.5, 0.6) is 11.6 Å². The number of rotatable bonds is 5. The van der Waals surface area contributed by atoms with E-state index in [0.717, 1.165) is 12.6 Å². The number of benzene rings is 1. The van der Waals surface area contributed by atoms with Crippen molar-refractivity contribution in [2.45, 2.75) is 0 Å². The SMILES string of the molecule is COC=C(C(=O)O)c1ccccc1Oc1ncnc(F)c1Cl. The summed E-state index contributed by atoms with van der Waals surface area (Å²) in [6.45, 7) is 0. The lowest BCUT2D eigenvalue weighted by atomic mass is 10.1. The number of aliphatic carboxylic acids is 1. The van der Waals surface area contributed by atoms with Crippen molar-refractivity contribution in [2.24, 2.45) is 0 Å². The third-order valence-corrected chi connectivity index (χ3v) is 2.88. The van der Waals surface area contributed by atoms with Crippen LogP contribution in [0.1, 0.15) is 5.56 Å². The number of para-hydroxylation sites is 1. The first kappa shape index (κ1) is 15.7. The number of nitrogens with zero attached hydrogens (tertiary/aromatic N) is 2. The minimum Gasteiger partial charge on any atom is -0.503 e. The molecular formula is C14H10ClFN2O4. The summed E-state index contributed by atoms with van der Waals surface area (Å²) in [5.41, 5.74) is 0.0932. The molecule has 6 nitrogen and oxygen atoms in total. The number of hydrogen-bond donors (Lipinski definition) is 1. The highest BCUT2D eigenvalue weighted by Gasteiger charge is 2.18. The standard InChI is InChI=1S/C14H10ClFN2O4/c1-21-6-9(14(19)20)8-4-2-3-5-10(8)22-13-11(15)12(16)17-7-18-13/h2-7H,1H3,(H,19,20). The minimum atomic E-state index is -1.21. The quantitative estimate of drug-likeness (QED) is 0.517. The zero-order valence-electron chi connectivity index (χ0n) is 11.3. The Kier molecular flexibility index (Phi) is 4.90. The molecule has 0 aliphatic rings. The first-order valence-corrected chi connectivity index (χ1v) is 6.32. The Labute approximate surface area is 129 Å². The number of carboxylic acids is 1. The van der Waals surface area contributed by atoms with Gasteiger partial charge in [0, 0.05) is 5.56 Å². The molecule has 0 saturated heterocycles. The Morgan fingerprint density at radius 3 is 2.77 bits per heavy atom. The molecular weight excluding hydrogens is 315 g/mol. The Bertz CT molecular complexity index is 737. The number of ether oxygens (including phenoxy) is 2. The molecule has 0 fully saturated rings. The molecule has 114 valence electrons. The van der Waals surface area contributed by atoms with Gasteiger partial charge in [-0.1, -0.05) is 29.8 Å². The molecule has 1 N–H and O–H groups in total. The summed E-state index contributed by atoms with van der Waals surface area (Å²) in [6.07, 6.45) is 2.01. The molecule has 0 unspecified atom stereocenters. The summed E-state index contributed by atoms with van der Waals surface area (Å²) in [5.74, 6) is -2.23. The second-order valence-electron chi connectivity index (χ2n) is 3.95. The van der Waals surface area contributed by atoms with Crippen molar-refractivity contribution in [2.75, 3.05) is 7.11 Å². The predicted octanol–water partition coefficient (Wildman–Crippen LogP) is 3.13. The highest BCUT2D eigenvalue weighted by atomic mass is 35.5. The van der Waals surface area contributed by atoms with E-state index in [2.05, 4.69) is 9.97 Å². The molecule has 0 aliphatic carbocycles. The molecule has 22 heavy (non-hydrogen) atoms. The molecule has 2 aromatic rings. The van der Waals surface area contributed by atoms with Gasteiger partial charge < -0.3 is 14.6 Å². The molecule has 0 radical (unpaired) electrons.